The zero-order valence-corrected chi connectivity index (χ0v) is 12.7. The van der Waals surface area contributed by atoms with E-state index < -0.39 is 24.7 Å². The Morgan fingerprint density at radius 1 is 1.10 bits per heavy atom. The van der Waals surface area contributed by atoms with Gasteiger partial charge >= 0.3 is 6.18 Å². The minimum absolute atomic E-state index is 0.112. The number of hydrogen-bond donors (Lipinski definition) is 2. The molecule has 0 fully saturated rings. The van der Waals surface area contributed by atoms with Gasteiger partial charge < -0.3 is 10.4 Å². The molecule has 120 valence electrons. The topological polar surface area (TPSA) is 32.3 Å². The maximum atomic E-state index is 12.2. The molecule has 0 aliphatic carbocycles. The minimum atomic E-state index is -4.18. The highest BCUT2D eigenvalue weighted by Gasteiger charge is 2.29. The maximum Gasteiger partial charge on any atom is 0.390 e. The Morgan fingerprint density at radius 2 is 1.67 bits per heavy atom. The summed E-state index contributed by atoms with van der Waals surface area (Å²) >= 11 is 0. The summed E-state index contributed by atoms with van der Waals surface area (Å²) in [6.07, 6.45) is -4.91. The third-order valence-electron chi connectivity index (χ3n) is 3.21. The molecule has 5 heteroatoms. The second kappa shape index (κ2) is 7.80. The first kappa shape index (κ1) is 18.0. The van der Waals surface area contributed by atoms with Gasteiger partial charge in [-0.3, -0.25) is 0 Å². The number of hydrogen-bond acceptors (Lipinski definition) is 2. The molecule has 0 aliphatic rings. The molecule has 0 aliphatic heterocycles. The fourth-order valence-electron chi connectivity index (χ4n) is 2.20. The van der Waals surface area contributed by atoms with Crippen LogP contribution in [-0.4, -0.2) is 23.9 Å². The lowest BCUT2D eigenvalue weighted by Gasteiger charge is -2.19. The fourth-order valence-corrected chi connectivity index (χ4v) is 2.20. The second-order valence-corrected chi connectivity index (χ2v) is 5.98. The van der Waals surface area contributed by atoms with Gasteiger partial charge in [-0.15, -0.1) is 0 Å². The highest BCUT2D eigenvalue weighted by molar-refractivity contribution is 5.24. The first-order valence-electron chi connectivity index (χ1n) is 7.24. The monoisotopic (exact) mass is 303 g/mol. The van der Waals surface area contributed by atoms with Gasteiger partial charge in [0.2, 0.25) is 0 Å². The summed E-state index contributed by atoms with van der Waals surface area (Å²) < 4.78 is 36.6. The lowest BCUT2D eigenvalue weighted by atomic mass is 10.00. The Labute approximate surface area is 124 Å². The second-order valence-electron chi connectivity index (χ2n) is 5.98. The van der Waals surface area contributed by atoms with Crippen molar-refractivity contribution in [1.82, 2.24) is 5.32 Å². The van der Waals surface area contributed by atoms with Gasteiger partial charge in [-0.2, -0.15) is 13.2 Å². The molecule has 2 N–H and O–H groups in total. The SMILES string of the molecule is CC(C)Cc1ccc(C(O)CNC(C)CC(F)(F)F)cc1. The predicted molar refractivity (Wildman–Crippen MR) is 78.1 cm³/mol. The molecule has 2 atom stereocenters. The fraction of sp³-hybridized carbons (Fsp3) is 0.625. The van der Waals surface area contributed by atoms with E-state index in [1.807, 2.05) is 24.3 Å². The van der Waals surface area contributed by atoms with E-state index in [9.17, 15) is 18.3 Å². The molecule has 1 aromatic rings. The standard InChI is InChI=1S/C16H24F3NO/c1-11(2)8-13-4-6-14(7-5-13)15(21)10-20-12(3)9-16(17,18)19/h4-7,11-12,15,20-21H,8-10H2,1-3H3. The third kappa shape index (κ3) is 7.48. The van der Waals surface area contributed by atoms with Gasteiger partial charge in [0, 0.05) is 12.6 Å². The molecule has 21 heavy (non-hydrogen) atoms. The molecule has 0 saturated heterocycles. The van der Waals surface area contributed by atoms with Crippen LogP contribution >= 0.6 is 0 Å². The Kier molecular flexibility index (Phi) is 6.68. The zero-order valence-electron chi connectivity index (χ0n) is 12.7. The molecule has 1 rings (SSSR count). The van der Waals surface area contributed by atoms with Gasteiger partial charge in [0.1, 0.15) is 0 Å². The van der Waals surface area contributed by atoms with Crippen molar-refractivity contribution < 1.29 is 18.3 Å². The Morgan fingerprint density at radius 3 is 2.14 bits per heavy atom. The van der Waals surface area contributed by atoms with E-state index in [4.69, 9.17) is 0 Å². The molecule has 0 bridgehead atoms. The molecule has 2 nitrogen and oxygen atoms in total. The van der Waals surface area contributed by atoms with Crippen molar-refractivity contribution >= 4 is 0 Å². The van der Waals surface area contributed by atoms with Gasteiger partial charge in [0.05, 0.1) is 12.5 Å². The van der Waals surface area contributed by atoms with Crippen molar-refractivity contribution in [2.45, 2.75) is 51.9 Å². The largest absolute Gasteiger partial charge is 0.390 e. The molecule has 0 heterocycles. The summed E-state index contributed by atoms with van der Waals surface area (Å²) in [4.78, 5) is 0. The summed E-state index contributed by atoms with van der Waals surface area (Å²) in [7, 11) is 0. The molecule has 0 radical (unpaired) electrons. The van der Waals surface area contributed by atoms with Crippen LogP contribution in [0.3, 0.4) is 0 Å². The zero-order chi connectivity index (χ0) is 16.0. The van der Waals surface area contributed by atoms with Crippen LogP contribution < -0.4 is 5.32 Å². The highest BCUT2D eigenvalue weighted by Crippen LogP contribution is 2.22. The molecular formula is C16H24F3NO. The number of aliphatic hydroxyl groups excluding tert-OH is 1. The van der Waals surface area contributed by atoms with E-state index in [2.05, 4.69) is 19.2 Å². The van der Waals surface area contributed by atoms with Crippen LogP contribution in [-0.2, 0) is 6.42 Å². The number of rotatable bonds is 7. The van der Waals surface area contributed by atoms with Crippen LogP contribution in [0.15, 0.2) is 24.3 Å². The minimum Gasteiger partial charge on any atom is -0.387 e. The van der Waals surface area contributed by atoms with Crippen molar-refractivity contribution in [3.8, 4) is 0 Å². The Hall–Kier alpha value is -1.07. The lowest BCUT2D eigenvalue weighted by molar-refractivity contribution is -0.139. The third-order valence-corrected chi connectivity index (χ3v) is 3.21. The highest BCUT2D eigenvalue weighted by atomic mass is 19.4. The summed E-state index contributed by atoms with van der Waals surface area (Å²) in [5.74, 6) is 0.561. The quantitative estimate of drug-likeness (QED) is 0.802. The average molecular weight is 303 g/mol. The van der Waals surface area contributed by atoms with Crippen LogP contribution in [0.2, 0.25) is 0 Å². The predicted octanol–water partition coefficient (Wildman–Crippen LogP) is 3.85. The molecule has 1 aromatic carbocycles. The summed E-state index contributed by atoms with van der Waals surface area (Å²) in [5.41, 5.74) is 1.91. The maximum absolute atomic E-state index is 12.2. The number of halogens is 3. The van der Waals surface area contributed by atoms with Crippen LogP contribution in [0.25, 0.3) is 0 Å². The van der Waals surface area contributed by atoms with Gasteiger partial charge in [0.25, 0.3) is 0 Å². The summed E-state index contributed by atoms with van der Waals surface area (Å²) in [6, 6.07) is 6.87. The molecule has 0 spiro atoms. The lowest BCUT2D eigenvalue weighted by Crippen LogP contribution is -2.34. The Balaban J connectivity index is 2.46. The van der Waals surface area contributed by atoms with Crippen LogP contribution in [0.1, 0.15) is 44.4 Å². The van der Waals surface area contributed by atoms with Crippen molar-refractivity contribution in [3.63, 3.8) is 0 Å². The van der Waals surface area contributed by atoms with E-state index >= 15 is 0 Å². The first-order valence-corrected chi connectivity index (χ1v) is 7.24. The van der Waals surface area contributed by atoms with Crippen LogP contribution in [0.4, 0.5) is 13.2 Å². The molecule has 0 aromatic heterocycles. The van der Waals surface area contributed by atoms with E-state index in [1.165, 1.54) is 12.5 Å². The number of aliphatic hydroxyl groups is 1. The normalized spacial score (nSPS) is 15.2. The van der Waals surface area contributed by atoms with Gasteiger partial charge in [0.15, 0.2) is 0 Å². The van der Waals surface area contributed by atoms with Crippen LogP contribution in [0.5, 0.6) is 0 Å². The first-order chi connectivity index (χ1) is 9.67. The number of nitrogens with one attached hydrogen (secondary N) is 1. The van der Waals surface area contributed by atoms with E-state index in [0.29, 0.717) is 11.5 Å². The van der Waals surface area contributed by atoms with Gasteiger partial charge in [-0.25, -0.2) is 0 Å². The smallest absolute Gasteiger partial charge is 0.387 e. The van der Waals surface area contributed by atoms with Crippen molar-refractivity contribution in [2.75, 3.05) is 6.54 Å². The van der Waals surface area contributed by atoms with Crippen molar-refractivity contribution in [2.24, 2.45) is 5.92 Å². The molecule has 0 saturated carbocycles. The molecule has 0 amide bonds. The van der Waals surface area contributed by atoms with E-state index in [1.54, 1.807) is 0 Å². The summed E-state index contributed by atoms with van der Waals surface area (Å²) in [5, 5.41) is 12.7. The average Bonchev–Trinajstić information content (AvgIpc) is 2.34. The van der Waals surface area contributed by atoms with E-state index in [-0.39, 0.29) is 6.54 Å². The van der Waals surface area contributed by atoms with E-state index in [0.717, 1.165) is 6.42 Å². The van der Waals surface area contributed by atoms with Crippen LogP contribution in [0, 0.1) is 5.92 Å². The van der Waals surface area contributed by atoms with Gasteiger partial charge in [-0.05, 0) is 30.4 Å². The van der Waals surface area contributed by atoms with Gasteiger partial charge in [-0.1, -0.05) is 38.1 Å². The van der Waals surface area contributed by atoms with Crippen molar-refractivity contribution in [1.29, 1.82) is 0 Å². The number of benzene rings is 1. The Bertz CT molecular complexity index is 415. The molecular weight excluding hydrogens is 279 g/mol. The van der Waals surface area contributed by atoms with Crippen molar-refractivity contribution in [3.05, 3.63) is 35.4 Å². The summed E-state index contributed by atoms with van der Waals surface area (Å²) in [6.45, 7) is 5.84. The molecule has 2 unspecified atom stereocenters. The number of alkyl halides is 3.